The van der Waals surface area contributed by atoms with Crippen molar-refractivity contribution >= 4 is 17.5 Å². The molecule has 0 aromatic carbocycles. The number of ether oxygens (including phenoxy) is 1. The molecule has 3 heterocycles. The van der Waals surface area contributed by atoms with Crippen LogP contribution in [0.4, 0.5) is 0 Å². The molecule has 0 aliphatic carbocycles. The second-order valence-electron chi connectivity index (χ2n) is 3.65. The molecule has 3 rings (SSSR count). The van der Waals surface area contributed by atoms with Gasteiger partial charge < -0.3 is 13.6 Å². The Morgan fingerprint density at radius 1 is 1.00 bits per heavy atom. The highest BCUT2D eigenvalue weighted by Gasteiger charge is 2.46. The van der Waals surface area contributed by atoms with Crippen LogP contribution in [0.15, 0.2) is 39.6 Å². The Bertz CT molecular complexity index is 633. The molecule has 6 heteroatoms. The Labute approximate surface area is 100 Å². The van der Waals surface area contributed by atoms with Gasteiger partial charge in [0.15, 0.2) is 5.76 Å². The van der Waals surface area contributed by atoms with Crippen molar-refractivity contribution in [3.63, 3.8) is 0 Å². The summed E-state index contributed by atoms with van der Waals surface area (Å²) < 4.78 is 15.0. The molecular weight excluding hydrogens is 240 g/mol. The molecule has 1 saturated heterocycles. The molecule has 0 radical (unpaired) electrons. The van der Waals surface area contributed by atoms with Gasteiger partial charge in [-0.05, 0) is 18.2 Å². The van der Waals surface area contributed by atoms with Crippen LogP contribution in [0.2, 0.25) is 0 Å². The largest absolute Gasteiger partial charge is 0.464 e. The van der Waals surface area contributed by atoms with Crippen LogP contribution in [0.3, 0.4) is 0 Å². The monoisotopic (exact) mass is 246 g/mol. The first kappa shape index (κ1) is 10.5. The van der Waals surface area contributed by atoms with E-state index < -0.39 is 23.6 Å². The number of cyclic esters (lactones) is 1. The van der Waals surface area contributed by atoms with Gasteiger partial charge in [0.1, 0.15) is 5.76 Å². The summed E-state index contributed by atoms with van der Waals surface area (Å²) in [5.74, 6) is -2.70. The predicted molar refractivity (Wildman–Crippen MR) is 55.3 cm³/mol. The zero-order valence-corrected chi connectivity index (χ0v) is 8.91. The van der Waals surface area contributed by atoms with Gasteiger partial charge in [0, 0.05) is 0 Å². The van der Waals surface area contributed by atoms with Crippen molar-refractivity contribution in [3.05, 3.63) is 36.5 Å². The first-order chi connectivity index (χ1) is 8.68. The van der Waals surface area contributed by atoms with Crippen LogP contribution in [0, 0.1) is 0 Å². The summed E-state index contributed by atoms with van der Waals surface area (Å²) in [7, 11) is 0. The van der Waals surface area contributed by atoms with E-state index in [0.29, 0.717) is 11.3 Å². The van der Waals surface area contributed by atoms with E-state index in [9.17, 15) is 14.4 Å². The minimum atomic E-state index is -1.32. The Kier molecular flexibility index (Phi) is 2.16. The van der Waals surface area contributed by atoms with Gasteiger partial charge in [-0.25, -0.2) is 4.79 Å². The maximum absolute atomic E-state index is 11.5. The molecule has 1 atom stereocenters. The van der Waals surface area contributed by atoms with Crippen molar-refractivity contribution in [2.75, 3.05) is 0 Å². The second kappa shape index (κ2) is 3.69. The quantitative estimate of drug-likeness (QED) is 0.585. The highest BCUT2D eigenvalue weighted by molar-refractivity contribution is 6.65. The Balaban J connectivity index is 2.05. The van der Waals surface area contributed by atoms with Gasteiger partial charge in [-0.3, -0.25) is 9.59 Å². The van der Waals surface area contributed by atoms with Crippen molar-refractivity contribution < 1.29 is 28.0 Å². The average molecular weight is 246 g/mol. The predicted octanol–water partition coefficient (Wildman–Crippen LogP) is 1.28. The van der Waals surface area contributed by atoms with Crippen molar-refractivity contribution in [2.24, 2.45) is 0 Å². The molecule has 2 aromatic heterocycles. The summed E-state index contributed by atoms with van der Waals surface area (Å²) in [5.41, 5.74) is 0.473. The fraction of sp³-hybridized carbons (Fsp3) is 0.0833. The molecule has 0 saturated carbocycles. The van der Waals surface area contributed by atoms with Crippen LogP contribution in [0.1, 0.15) is 11.9 Å². The zero-order chi connectivity index (χ0) is 12.7. The first-order valence-corrected chi connectivity index (χ1v) is 5.09. The molecule has 2 aromatic rings. The SMILES string of the molecule is O=C1OC(c2occc2-c2ccco2)C(=O)C1=O. The number of carbonyl (C=O) groups excluding carboxylic acids is 3. The van der Waals surface area contributed by atoms with E-state index in [0.717, 1.165) is 0 Å². The molecular formula is C12H6O6. The lowest BCUT2D eigenvalue weighted by Crippen LogP contribution is -2.15. The number of carbonyl (C=O) groups is 3. The van der Waals surface area contributed by atoms with E-state index in [2.05, 4.69) is 0 Å². The normalized spacial score (nSPS) is 19.3. The van der Waals surface area contributed by atoms with E-state index >= 15 is 0 Å². The fourth-order valence-corrected chi connectivity index (χ4v) is 1.77. The van der Waals surface area contributed by atoms with Crippen LogP contribution in [-0.4, -0.2) is 17.5 Å². The third kappa shape index (κ3) is 1.39. The van der Waals surface area contributed by atoms with Gasteiger partial charge in [-0.2, -0.15) is 0 Å². The number of rotatable bonds is 2. The standard InChI is InChI=1S/C12H6O6/c13-8-9(14)12(15)18-11(8)10-6(3-5-17-10)7-2-1-4-16-7/h1-5,11H. The Morgan fingerprint density at radius 3 is 2.44 bits per heavy atom. The molecule has 1 aliphatic rings. The van der Waals surface area contributed by atoms with Crippen LogP contribution in [0.5, 0.6) is 0 Å². The summed E-state index contributed by atoms with van der Waals surface area (Å²) in [6.45, 7) is 0. The minimum Gasteiger partial charge on any atom is -0.464 e. The average Bonchev–Trinajstić information content (AvgIpc) is 3.05. The number of furan rings is 2. The zero-order valence-electron chi connectivity index (χ0n) is 8.91. The maximum atomic E-state index is 11.5. The van der Waals surface area contributed by atoms with E-state index in [1.54, 1.807) is 18.2 Å². The number of Topliss-reactive ketones (excluding diaryl/α,β-unsaturated/α-hetero) is 2. The van der Waals surface area contributed by atoms with Gasteiger partial charge in [0.25, 0.3) is 5.78 Å². The van der Waals surface area contributed by atoms with E-state index in [4.69, 9.17) is 13.6 Å². The highest BCUT2D eigenvalue weighted by atomic mass is 16.6. The van der Waals surface area contributed by atoms with Crippen LogP contribution < -0.4 is 0 Å². The summed E-state index contributed by atoms with van der Waals surface area (Å²) >= 11 is 0. The topological polar surface area (TPSA) is 86.7 Å². The Morgan fingerprint density at radius 2 is 1.83 bits per heavy atom. The Hall–Kier alpha value is -2.63. The second-order valence-corrected chi connectivity index (χ2v) is 3.65. The molecule has 0 N–H and O–H groups in total. The van der Waals surface area contributed by atoms with Gasteiger partial charge in [0.05, 0.1) is 18.1 Å². The molecule has 1 fully saturated rings. The van der Waals surface area contributed by atoms with Crippen molar-refractivity contribution in [1.82, 2.24) is 0 Å². The fourth-order valence-electron chi connectivity index (χ4n) is 1.77. The highest BCUT2D eigenvalue weighted by Crippen LogP contribution is 2.34. The summed E-state index contributed by atoms with van der Waals surface area (Å²) in [6, 6.07) is 4.90. The third-order valence-corrected chi connectivity index (χ3v) is 2.59. The van der Waals surface area contributed by atoms with Gasteiger partial charge in [-0.15, -0.1) is 0 Å². The van der Waals surface area contributed by atoms with Crippen molar-refractivity contribution in [3.8, 4) is 11.3 Å². The van der Waals surface area contributed by atoms with Crippen LogP contribution in [-0.2, 0) is 19.1 Å². The lowest BCUT2D eigenvalue weighted by molar-refractivity contribution is -0.149. The smallest absolute Gasteiger partial charge is 0.384 e. The maximum Gasteiger partial charge on any atom is 0.384 e. The molecule has 6 nitrogen and oxygen atoms in total. The molecule has 18 heavy (non-hydrogen) atoms. The van der Waals surface area contributed by atoms with E-state index in [1.165, 1.54) is 12.5 Å². The summed E-state index contributed by atoms with van der Waals surface area (Å²) in [6.07, 6.45) is 1.47. The molecule has 0 bridgehead atoms. The molecule has 90 valence electrons. The third-order valence-electron chi connectivity index (χ3n) is 2.59. The summed E-state index contributed by atoms with van der Waals surface area (Å²) in [4.78, 5) is 33.7. The number of esters is 1. The van der Waals surface area contributed by atoms with E-state index in [1.807, 2.05) is 0 Å². The lowest BCUT2D eigenvalue weighted by atomic mass is 10.1. The lowest BCUT2D eigenvalue weighted by Gasteiger charge is -2.05. The molecule has 0 amide bonds. The molecule has 1 unspecified atom stereocenters. The van der Waals surface area contributed by atoms with Crippen molar-refractivity contribution in [1.29, 1.82) is 0 Å². The van der Waals surface area contributed by atoms with E-state index in [-0.39, 0.29) is 5.76 Å². The summed E-state index contributed by atoms with van der Waals surface area (Å²) in [5, 5.41) is 0. The number of hydrogen-bond donors (Lipinski definition) is 0. The van der Waals surface area contributed by atoms with Gasteiger partial charge in [-0.1, -0.05) is 0 Å². The molecule has 1 aliphatic heterocycles. The van der Waals surface area contributed by atoms with Crippen LogP contribution in [0.25, 0.3) is 11.3 Å². The van der Waals surface area contributed by atoms with Crippen LogP contribution >= 0.6 is 0 Å². The first-order valence-electron chi connectivity index (χ1n) is 5.09. The van der Waals surface area contributed by atoms with Crippen molar-refractivity contribution in [2.45, 2.75) is 6.10 Å². The minimum absolute atomic E-state index is 0.0918. The molecule has 0 spiro atoms. The number of hydrogen-bond acceptors (Lipinski definition) is 6. The van der Waals surface area contributed by atoms with Gasteiger partial charge in [0.2, 0.25) is 6.10 Å². The number of ketones is 2. The van der Waals surface area contributed by atoms with Gasteiger partial charge >= 0.3 is 11.8 Å².